The van der Waals surface area contributed by atoms with E-state index in [1.54, 1.807) is 0 Å². The number of nitrogens with one attached hydrogen (secondary N) is 1. The Balaban J connectivity index is 1.18. The molecule has 176 valence electrons. The van der Waals surface area contributed by atoms with Crippen LogP contribution in [0.15, 0.2) is 128 Å². The molecule has 0 unspecified atom stereocenters. The summed E-state index contributed by atoms with van der Waals surface area (Å²) < 4.78 is 2.29. The van der Waals surface area contributed by atoms with Crippen LogP contribution in [-0.2, 0) is 6.54 Å². The van der Waals surface area contributed by atoms with Gasteiger partial charge < -0.3 is 9.80 Å². The van der Waals surface area contributed by atoms with Crippen molar-refractivity contribution in [2.75, 3.05) is 16.3 Å². The van der Waals surface area contributed by atoms with E-state index in [1.807, 2.05) is 12.4 Å². The Bertz CT molecular complexity index is 1390. The number of para-hydroxylation sites is 5. The molecule has 0 bridgehead atoms. The minimum atomic E-state index is 0.982. The molecule has 3 heterocycles. The Morgan fingerprint density at radius 1 is 0.556 bits per heavy atom. The molecule has 2 aromatic heterocycles. The van der Waals surface area contributed by atoms with Crippen molar-refractivity contribution in [3.63, 3.8) is 0 Å². The van der Waals surface area contributed by atoms with Crippen LogP contribution in [0.1, 0.15) is 12.8 Å². The van der Waals surface area contributed by atoms with Gasteiger partial charge in [-0.15, -0.1) is 0 Å². The number of aryl methyl sites for hydroxylation is 1. The summed E-state index contributed by atoms with van der Waals surface area (Å²) in [5.41, 5.74) is 8.63. The highest BCUT2D eigenvalue weighted by atomic mass is 15.3. The molecule has 0 amide bonds. The van der Waals surface area contributed by atoms with Gasteiger partial charge in [0.2, 0.25) is 0 Å². The molecule has 0 radical (unpaired) electrons. The largest absolute Gasteiger partial charge is 0.338 e. The molecule has 0 aliphatic carbocycles. The molecule has 4 heteroatoms. The first kappa shape index (κ1) is 22.1. The Morgan fingerprint density at radius 3 is 1.75 bits per heavy atom. The fourth-order valence-electron chi connectivity index (χ4n) is 5.06. The number of benzene rings is 3. The zero-order valence-corrected chi connectivity index (χ0v) is 20.3. The van der Waals surface area contributed by atoms with Crippen LogP contribution < -0.4 is 19.4 Å². The van der Waals surface area contributed by atoms with Gasteiger partial charge in [-0.3, -0.25) is 0 Å². The number of pyridine rings is 2. The molecule has 6 rings (SSSR count). The molecule has 5 aromatic rings. The summed E-state index contributed by atoms with van der Waals surface area (Å²) in [5, 5.41) is 0. The summed E-state index contributed by atoms with van der Waals surface area (Å²) in [6, 6.07) is 36.8. The molecule has 0 saturated carbocycles. The monoisotopic (exact) mass is 470 g/mol. The van der Waals surface area contributed by atoms with Crippen LogP contribution in [-0.4, -0.2) is 6.54 Å². The first-order chi connectivity index (χ1) is 17.9. The van der Waals surface area contributed by atoms with Gasteiger partial charge in [0.1, 0.15) is 6.54 Å². The fraction of sp³-hybridized carbons (Fsp3) is 0.125. The van der Waals surface area contributed by atoms with E-state index in [4.69, 9.17) is 0 Å². The molecule has 3 aromatic carbocycles. The lowest BCUT2D eigenvalue weighted by molar-refractivity contribution is -0.697. The maximum absolute atomic E-state index is 3.09. The number of anilines is 5. The van der Waals surface area contributed by atoms with Crippen molar-refractivity contribution in [1.82, 2.24) is 0 Å². The molecule has 0 spiro atoms. The van der Waals surface area contributed by atoms with E-state index in [-0.39, 0.29) is 0 Å². The van der Waals surface area contributed by atoms with Gasteiger partial charge in [-0.25, -0.2) is 9.55 Å². The van der Waals surface area contributed by atoms with Crippen molar-refractivity contribution < 1.29 is 9.55 Å². The number of nitrogens with zero attached hydrogens (tertiary/aromatic N) is 3. The predicted octanol–water partition coefficient (Wildman–Crippen LogP) is 6.86. The Kier molecular flexibility index (Phi) is 6.15. The molecule has 0 atom stereocenters. The van der Waals surface area contributed by atoms with E-state index >= 15 is 0 Å². The summed E-state index contributed by atoms with van der Waals surface area (Å²) >= 11 is 0. The van der Waals surface area contributed by atoms with Gasteiger partial charge >= 0.3 is 0 Å². The summed E-state index contributed by atoms with van der Waals surface area (Å²) in [6.45, 7) is 1.99. The molecule has 1 aliphatic rings. The average Bonchev–Trinajstić information content (AvgIpc) is 2.96. The minimum absolute atomic E-state index is 0.982. The van der Waals surface area contributed by atoms with Crippen molar-refractivity contribution in [3.05, 3.63) is 128 Å². The topological polar surface area (TPSA) is 24.5 Å². The highest BCUT2D eigenvalue weighted by Gasteiger charge is 2.28. The number of hydrogen-bond acceptors (Lipinski definition) is 2. The normalized spacial score (nSPS) is 12.2. The van der Waals surface area contributed by atoms with E-state index in [0.717, 1.165) is 25.9 Å². The van der Waals surface area contributed by atoms with Crippen LogP contribution in [0.4, 0.5) is 28.4 Å². The fourth-order valence-corrected chi connectivity index (χ4v) is 5.06. The van der Waals surface area contributed by atoms with Gasteiger partial charge in [0.25, 0.3) is 0 Å². The van der Waals surface area contributed by atoms with Crippen LogP contribution in [0.2, 0.25) is 0 Å². The number of H-pyrrole nitrogens is 1. The Hall–Kier alpha value is -4.44. The van der Waals surface area contributed by atoms with E-state index in [2.05, 4.69) is 135 Å². The zero-order chi connectivity index (χ0) is 24.2. The molecular formula is C32H30N4+2. The SMILES string of the molecule is c1ccc(N2c3ccccc3N(CCCC[n+]3ccc(-c4cc[nH+]cc4)cc3)c3ccccc32)cc1. The van der Waals surface area contributed by atoms with Crippen molar-refractivity contribution in [1.29, 1.82) is 0 Å². The molecule has 1 aliphatic heterocycles. The quantitative estimate of drug-likeness (QED) is 0.192. The summed E-state index contributed by atoms with van der Waals surface area (Å²) in [5.74, 6) is 0. The first-order valence-corrected chi connectivity index (χ1v) is 12.6. The second-order valence-electron chi connectivity index (χ2n) is 9.12. The maximum atomic E-state index is 3.09. The third-order valence-electron chi connectivity index (χ3n) is 6.83. The summed E-state index contributed by atoms with van der Waals surface area (Å²) in [6.07, 6.45) is 10.5. The number of fused-ring (bicyclic) bond motifs is 2. The highest BCUT2D eigenvalue weighted by Crippen LogP contribution is 2.50. The number of unbranched alkanes of at least 4 members (excludes halogenated alkanes) is 1. The molecule has 36 heavy (non-hydrogen) atoms. The molecule has 0 fully saturated rings. The lowest BCUT2D eigenvalue weighted by Gasteiger charge is -2.40. The Morgan fingerprint density at radius 2 is 1.11 bits per heavy atom. The minimum Gasteiger partial charge on any atom is -0.338 e. The van der Waals surface area contributed by atoms with Crippen LogP contribution in [0.25, 0.3) is 11.1 Å². The van der Waals surface area contributed by atoms with Gasteiger partial charge in [-0.1, -0.05) is 42.5 Å². The smallest absolute Gasteiger partial charge is 0.169 e. The number of aromatic nitrogens is 2. The van der Waals surface area contributed by atoms with Gasteiger partial charge in [0.05, 0.1) is 22.7 Å². The van der Waals surface area contributed by atoms with Gasteiger partial charge in [0.15, 0.2) is 24.8 Å². The Labute approximate surface area is 212 Å². The second-order valence-corrected chi connectivity index (χ2v) is 9.12. The van der Waals surface area contributed by atoms with Crippen molar-refractivity contribution >= 4 is 28.4 Å². The van der Waals surface area contributed by atoms with E-state index in [9.17, 15) is 0 Å². The van der Waals surface area contributed by atoms with Crippen molar-refractivity contribution in [2.45, 2.75) is 19.4 Å². The summed E-state index contributed by atoms with van der Waals surface area (Å²) in [7, 11) is 0. The molecule has 0 saturated heterocycles. The third-order valence-corrected chi connectivity index (χ3v) is 6.83. The van der Waals surface area contributed by atoms with Crippen LogP contribution in [0, 0.1) is 0 Å². The van der Waals surface area contributed by atoms with Crippen molar-refractivity contribution in [2.24, 2.45) is 0 Å². The van der Waals surface area contributed by atoms with Gasteiger partial charge in [0, 0.05) is 42.9 Å². The standard InChI is InChI=1S/C32H29N4/c1-2-10-28(11-3-1)36-31-14-6-4-12-29(31)35(30-13-5-7-15-32(30)36)23-9-8-22-34-24-18-27(19-25-34)26-16-20-33-21-17-26/h1-7,10-21,24-25H,8-9,22-23H2/q+1/p+1. The van der Waals surface area contributed by atoms with Gasteiger partial charge in [-0.2, -0.15) is 0 Å². The molecule has 4 nitrogen and oxygen atoms in total. The zero-order valence-electron chi connectivity index (χ0n) is 20.3. The van der Waals surface area contributed by atoms with Crippen LogP contribution in [0.5, 0.6) is 0 Å². The predicted molar refractivity (Wildman–Crippen MR) is 146 cm³/mol. The van der Waals surface area contributed by atoms with E-state index < -0.39 is 0 Å². The number of aromatic amines is 1. The second kappa shape index (κ2) is 10.0. The molecular weight excluding hydrogens is 440 g/mol. The summed E-state index contributed by atoms with van der Waals surface area (Å²) in [4.78, 5) is 7.96. The first-order valence-electron chi connectivity index (χ1n) is 12.6. The average molecular weight is 471 g/mol. The number of hydrogen-bond donors (Lipinski definition) is 0. The highest BCUT2D eigenvalue weighted by molar-refractivity contribution is 5.97. The van der Waals surface area contributed by atoms with Crippen molar-refractivity contribution in [3.8, 4) is 11.1 Å². The maximum Gasteiger partial charge on any atom is 0.169 e. The van der Waals surface area contributed by atoms with Crippen LogP contribution >= 0.6 is 0 Å². The lowest BCUT2D eigenvalue weighted by Crippen LogP contribution is -2.33. The van der Waals surface area contributed by atoms with E-state index in [1.165, 1.54) is 39.6 Å². The van der Waals surface area contributed by atoms with E-state index in [0.29, 0.717) is 0 Å². The lowest BCUT2D eigenvalue weighted by atomic mass is 10.1. The van der Waals surface area contributed by atoms with Crippen LogP contribution in [0.3, 0.4) is 0 Å². The third kappa shape index (κ3) is 4.34. The number of rotatable bonds is 7. The van der Waals surface area contributed by atoms with Gasteiger partial charge in [-0.05, 0) is 53.9 Å². The molecule has 1 N–H and O–H groups in total.